The summed E-state index contributed by atoms with van der Waals surface area (Å²) in [5.41, 5.74) is 1.80. The van der Waals surface area contributed by atoms with Gasteiger partial charge in [0, 0.05) is 60.9 Å². The molecule has 1 aromatic rings. The van der Waals surface area contributed by atoms with Gasteiger partial charge in [-0.3, -0.25) is 14.4 Å². The van der Waals surface area contributed by atoms with Gasteiger partial charge in [0.2, 0.25) is 11.8 Å². The maximum Gasteiger partial charge on any atom is 0.293 e. The third-order valence-electron chi connectivity index (χ3n) is 7.53. The molecular weight excluding hydrogens is 648 g/mol. The number of nitrogens with zero attached hydrogens (tertiary/aromatic N) is 1. The van der Waals surface area contributed by atoms with Crippen molar-refractivity contribution in [1.82, 2.24) is 10.2 Å². The lowest BCUT2D eigenvalue weighted by molar-refractivity contribution is -0.138. The molecule has 1 N–H and O–H groups in total. The number of amides is 2. The second-order valence-electron chi connectivity index (χ2n) is 13.6. The zero-order valence-corrected chi connectivity index (χ0v) is 35.4. The van der Waals surface area contributed by atoms with Crippen molar-refractivity contribution in [3.8, 4) is 0 Å². The molecule has 51 heavy (non-hydrogen) atoms. The number of carbonyl (C=O) groups excluding carboxylic acids is 3. The van der Waals surface area contributed by atoms with Crippen molar-refractivity contribution in [1.29, 1.82) is 0 Å². The van der Waals surface area contributed by atoms with Crippen molar-refractivity contribution in [2.45, 2.75) is 145 Å². The van der Waals surface area contributed by atoms with E-state index >= 15 is 0 Å². The van der Waals surface area contributed by atoms with E-state index in [1.807, 2.05) is 41.5 Å². The summed E-state index contributed by atoms with van der Waals surface area (Å²) in [7, 11) is 6.80. The van der Waals surface area contributed by atoms with Crippen LogP contribution in [0.5, 0.6) is 0 Å². The Balaban J connectivity index is -0.000000336. The Morgan fingerprint density at radius 3 is 1.84 bits per heavy atom. The minimum absolute atomic E-state index is 0.0990. The van der Waals surface area contributed by atoms with E-state index in [2.05, 4.69) is 80.3 Å². The number of carbonyl (C=O) groups is 3. The highest BCUT2D eigenvalue weighted by Crippen LogP contribution is 2.24. The Labute approximate surface area is 313 Å². The van der Waals surface area contributed by atoms with Crippen molar-refractivity contribution in [3.63, 3.8) is 0 Å². The van der Waals surface area contributed by atoms with Crippen LogP contribution in [0.2, 0.25) is 0 Å². The normalized spacial score (nSPS) is 12.5. The largest absolute Gasteiger partial charge is 0.462 e. The van der Waals surface area contributed by atoms with Gasteiger partial charge in [0.1, 0.15) is 5.60 Å². The first-order valence-corrected chi connectivity index (χ1v) is 18.3. The molecule has 0 saturated carbocycles. The van der Waals surface area contributed by atoms with E-state index in [4.69, 9.17) is 14.2 Å². The summed E-state index contributed by atoms with van der Waals surface area (Å²) < 4.78 is 26.4. The first kappa shape index (κ1) is 55.0. The highest BCUT2D eigenvalue weighted by Gasteiger charge is 2.29. The summed E-state index contributed by atoms with van der Waals surface area (Å²) in [6.07, 6.45) is 7.37. The van der Waals surface area contributed by atoms with Gasteiger partial charge in [-0.2, -0.15) is 0 Å². The molecule has 10 heteroatoms. The summed E-state index contributed by atoms with van der Waals surface area (Å²) in [4.78, 5) is 33.6. The first-order valence-electron chi connectivity index (χ1n) is 18.3. The van der Waals surface area contributed by atoms with Gasteiger partial charge in [0.25, 0.3) is 6.47 Å². The molecule has 0 spiro atoms. The van der Waals surface area contributed by atoms with Crippen LogP contribution in [0.1, 0.15) is 125 Å². The van der Waals surface area contributed by atoms with E-state index < -0.39 is 0 Å². The molecule has 2 unspecified atom stereocenters. The van der Waals surface area contributed by atoms with Crippen molar-refractivity contribution < 1.29 is 38.1 Å². The SMILES string of the molecule is C=CC.CC(C)(C)OC=O.CCC(C)(COC(C)(CC)CCOCc1ccc(C)cc1)OC.CCNC(=O)CCCCN(C)C(=O)CC.COC. The number of rotatable bonds is 19. The van der Waals surface area contributed by atoms with Crippen molar-refractivity contribution >= 4 is 18.3 Å². The molecule has 300 valence electrons. The summed E-state index contributed by atoms with van der Waals surface area (Å²) >= 11 is 0. The molecule has 2 atom stereocenters. The Morgan fingerprint density at radius 2 is 1.45 bits per heavy atom. The zero-order valence-electron chi connectivity index (χ0n) is 35.4. The smallest absolute Gasteiger partial charge is 0.293 e. The average molecular weight is 727 g/mol. The first-order chi connectivity index (χ1) is 23.9. The lowest BCUT2D eigenvalue weighted by Gasteiger charge is -2.34. The highest BCUT2D eigenvalue weighted by molar-refractivity contribution is 5.76. The van der Waals surface area contributed by atoms with Crippen LogP contribution in [0.15, 0.2) is 36.9 Å². The number of hydrogen-bond acceptors (Lipinski definition) is 8. The highest BCUT2D eigenvalue weighted by atomic mass is 16.6. The zero-order chi connectivity index (χ0) is 40.4. The van der Waals surface area contributed by atoms with Crippen molar-refractivity contribution in [2.24, 2.45) is 0 Å². The summed E-state index contributed by atoms with van der Waals surface area (Å²) in [6.45, 7) is 29.0. The number of benzene rings is 1. The molecule has 0 fully saturated rings. The van der Waals surface area contributed by atoms with E-state index in [1.165, 1.54) is 11.1 Å². The fraction of sp³-hybridized carbons (Fsp3) is 0.732. The molecule has 2 amide bonds. The number of ether oxygens (including phenoxy) is 5. The summed E-state index contributed by atoms with van der Waals surface area (Å²) in [5, 5.41) is 2.75. The van der Waals surface area contributed by atoms with Gasteiger partial charge >= 0.3 is 0 Å². The van der Waals surface area contributed by atoms with Gasteiger partial charge in [0.05, 0.1) is 24.4 Å². The van der Waals surface area contributed by atoms with E-state index in [9.17, 15) is 14.4 Å². The number of methoxy groups -OCH3 is 2. The van der Waals surface area contributed by atoms with Crippen LogP contribution in [0.3, 0.4) is 0 Å². The van der Waals surface area contributed by atoms with Crippen molar-refractivity contribution in [2.75, 3.05) is 54.7 Å². The predicted octanol–water partition coefficient (Wildman–Crippen LogP) is 8.48. The van der Waals surface area contributed by atoms with Crippen LogP contribution in [0.4, 0.5) is 0 Å². The van der Waals surface area contributed by atoms with Crippen molar-refractivity contribution in [3.05, 3.63) is 48.0 Å². The number of aryl methyl sites for hydroxylation is 1. The molecule has 1 aromatic carbocycles. The molecule has 0 aliphatic rings. The fourth-order valence-electron chi connectivity index (χ4n) is 3.60. The van der Waals surface area contributed by atoms with Crippen LogP contribution in [-0.4, -0.2) is 94.7 Å². The second kappa shape index (κ2) is 34.3. The second-order valence-corrected chi connectivity index (χ2v) is 13.6. The van der Waals surface area contributed by atoms with E-state index in [-0.39, 0.29) is 28.6 Å². The topological polar surface area (TPSA) is 113 Å². The summed E-state index contributed by atoms with van der Waals surface area (Å²) in [6, 6.07) is 8.48. The van der Waals surface area contributed by atoms with Crippen LogP contribution < -0.4 is 5.32 Å². The van der Waals surface area contributed by atoms with Gasteiger partial charge in [-0.1, -0.05) is 56.7 Å². The standard InChI is InChI=1S/C20H34O3.C11H22N2O2.C5H10O2.C3H6.C2H6O/c1-7-19(4,23-16-20(5,8-2)21-6)13-14-22-15-18-11-9-17(3)10-12-18;1-4-11(15)13(3)9-7-6-8-10(14)12-5-2;1-5(2,3)7-4-6;2*1-3-2/h9-12H,7-8,13-16H2,1-6H3;4-9H2,1-3H3,(H,12,14);4H,1-3H3;3H,1H2,2H3;1-2H3. The minimum Gasteiger partial charge on any atom is -0.462 e. The lowest BCUT2D eigenvalue weighted by Crippen LogP contribution is -2.39. The molecule has 0 heterocycles. The Bertz CT molecular complexity index is 975. The van der Waals surface area contributed by atoms with Gasteiger partial charge in [-0.25, -0.2) is 0 Å². The van der Waals surface area contributed by atoms with E-state index in [0.717, 1.165) is 38.6 Å². The average Bonchev–Trinajstić information content (AvgIpc) is 3.09. The van der Waals surface area contributed by atoms with Gasteiger partial charge in [-0.15, -0.1) is 6.58 Å². The number of hydrogen-bond donors (Lipinski definition) is 1. The third kappa shape index (κ3) is 36.8. The molecule has 0 saturated heterocycles. The molecule has 0 radical (unpaired) electrons. The maximum absolute atomic E-state index is 11.2. The Morgan fingerprint density at radius 1 is 0.922 bits per heavy atom. The number of unbranched alkanes of at least 4 members (excludes halogenated alkanes) is 1. The van der Waals surface area contributed by atoms with Gasteiger partial charge < -0.3 is 33.9 Å². The van der Waals surface area contributed by atoms with Crippen LogP contribution in [-0.2, 0) is 44.7 Å². The molecule has 10 nitrogen and oxygen atoms in total. The van der Waals surface area contributed by atoms with Crippen LogP contribution >= 0.6 is 0 Å². The number of allylic oxidation sites excluding steroid dienone is 1. The third-order valence-corrected chi connectivity index (χ3v) is 7.53. The minimum atomic E-state index is -0.318. The van der Waals surface area contributed by atoms with Crippen LogP contribution in [0, 0.1) is 6.92 Å². The Kier molecular flexibility index (Phi) is 37.0. The van der Waals surface area contributed by atoms with Gasteiger partial charge in [-0.05, 0) is 93.1 Å². The monoisotopic (exact) mass is 727 g/mol. The molecule has 0 aliphatic carbocycles. The van der Waals surface area contributed by atoms with E-state index in [1.54, 1.807) is 39.4 Å². The fourth-order valence-corrected chi connectivity index (χ4v) is 3.60. The number of nitrogens with one attached hydrogen (secondary N) is 1. The molecule has 1 rings (SSSR count). The molecule has 0 bridgehead atoms. The quantitative estimate of drug-likeness (QED) is 0.0859. The predicted molar refractivity (Wildman–Crippen MR) is 212 cm³/mol. The van der Waals surface area contributed by atoms with Gasteiger partial charge in [0.15, 0.2) is 0 Å². The Hall–Kier alpha value is -2.79. The van der Waals surface area contributed by atoms with Crippen LogP contribution in [0.25, 0.3) is 0 Å². The summed E-state index contributed by atoms with van der Waals surface area (Å²) in [5.74, 6) is 0.259. The molecule has 0 aromatic heterocycles. The molecular formula is C41H78N2O8. The molecule has 0 aliphatic heterocycles. The van der Waals surface area contributed by atoms with E-state index in [0.29, 0.717) is 45.7 Å². The lowest BCUT2D eigenvalue weighted by atomic mass is 9.98. The maximum atomic E-state index is 11.2.